The first-order valence-corrected chi connectivity index (χ1v) is 11.0. The van der Waals surface area contributed by atoms with Crippen LogP contribution in [0, 0.1) is 0 Å². The number of benzene rings is 5. The molecule has 5 heteroatoms. The van der Waals surface area contributed by atoms with Crippen molar-refractivity contribution < 1.29 is 10.0 Å². The maximum absolute atomic E-state index is 9.90. The Morgan fingerprint density at radius 2 is 1.26 bits per heavy atom. The van der Waals surface area contributed by atoms with Crippen LogP contribution in [0.4, 0.5) is 17.1 Å². The maximum Gasteiger partial charge on any atom is 0.489 e. The average Bonchev–Trinajstić information content (AvgIpc) is 2.80. The molecule has 6 rings (SSSR count). The Morgan fingerprint density at radius 1 is 0.581 bits per heavy atom. The lowest BCUT2D eigenvalue weighted by Gasteiger charge is -2.34. The minimum Gasteiger partial charge on any atom is -0.423 e. The van der Waals surface area contributed by atoms with E-state index in [4.69, 9.17) is 0 Å². The zero-order chi connectivity index (χ0) is 20.9. The molecule has 5 aromatic rings. The summed E-state index contributed by atoms with van der Waals surface area (Å²) in [7, 11) is -1.51. The van der Waals surface area contributed by atoms with Crippen LogP contribution in [0.15, 0.2) is 107 Å². The number of rotatable bonds is 2. The third-order valence-corrected chi connectivity index (χ3v) is 6.96. The standard InChI is InChI=1S/C26H18BNO2S/c29-27(30)21-13-14-22(20-10-4-3-9-19(20)21)28-23-11-5-6-12-25(23)31-26-16-18-8-2-1-7-17(18)15-24(26)28/h1-16,29-30H. The van der Waals surface area contributed by atoms with Gasteiger partial charge in [-0.2, -0.15) is 0 Å². The summed E-state index contributed by atoms with van der Waals surface area (Å²) in [6.45, 7) is 0. The van der Waals surface area contributed by atoms with Gasteiger partial charge in [0.05, 0.1) is 17.1 Å². The molecule has 0 atom stereocenters. The highest BCUT2D eigenvalue weighted by atomic mass is 32.2. The summed E-state index contributed by atoms with van der Waals surface area (Å²) in [5.74, 6) is 0. The molecule has 148 valence electrons. The van der Waals surface area contributed by atoms with Gasteiger partial charge in [0.25, 0.3) is 0 Å². The maximum atomic E-state index is 9.90. The van der Waals surface area contributed by atoms with Gasteiger partial charge < -0.3 is 14.9 Å². The van der Waals surface area contributed by atoms with Crippen molar-refractivity contribution in [3.8, 4) is 0 Å². The van der Waals surface area contributed by atoms with Crippen molar-refractivity contribution in [3.05, 3.63) is 97.1 Å². The summed E-state index contributed by atoms with van der Waals surface area (Å²) in [6, 6.07) is 33.1. The molecule has 2 N–H and O–H groups in total. The Labute approximate surface area is 184 Å². The molecule has 0 spiro atoms. The quantitative estimate of drug-likeness (QED) is 0.358. The second-order valence-corrected chi connectivity index (χ2v) is 8.75. The lowest BCUT2D eigenvalue weighted by atomic mass is 9.77. The highest BCUT2D eigenvalue weighted by Crippen LogP contribution is 2.53. The topological polar surface area (TPSA) is 43.7 Å². The Bertz CT molecular complexity index is 1470. The SMILES string of the molecule is OB(O)c1ccc(N2c3ccccc3Sc3cc4ccccc4cc32)c2ccccc12. The van der Waals surface area contributed by atoms with Gasteiger partial charge in [0.15, 0.2) is 0 Å². The summed E-state index contributed by atoms with van der Waals surface area (Å²) >= 11 is 1.79. The largest absolute Gasteiger partial charge is 0.489 e. The van der Waals surface area contributed by atoms with Crippen LogP contribution in [-0.2, 0) is 0 Å². The smallest absolute Gasteiger partial charge is 0.423 e. The Kier molecular flexibility index (Phi) is 4.28. The van der Waals surface area contributed by atoms with Crippen molar-refractivity contribution in [2.75, 3.05) is 4.90 Å². The van der Waals surface area contributed by atoms with Crippen LogP contribution < -0.4 is 10.4 Å². The fourth-order valence-electron chi connectivity index (χ4n) is 4.43. The molecule has 0 amide bonds. The van der Waals surface area contributed by atoms with Gasteiger partial charge in [-0.1, -0.05) is 78.5 Å². The molecule has 0 unspecified atom stereocenters. The minimum atomic E-state index is -1.51. The highest BCUT2D eigenvalue weighted by molar-refractivity contribution is 7.99. The molecule has 0 radical (unpaired) electrons. The number of nitrogens with zero attached hydrogens (tertiary/aromatic N) is 1. The van der Waals surface area contributed by atoms with E-state index in [1.165, 1.54) is 20.6 Å². The first-order chi connectivity index (χ1) is 15.2. The number of para-hydroxylation sites is 1. The highest BCUT2D eigenvalue weighted by Gasteiger charge is 2.27. The molecule has 0 aliphatic carbocycles. The van der Waals surface area contributed by atoms with Gasteiger partial charge >= 0.3 is 7.12 Å². The normalized spacial score (nSPS) is 12.6. The number of hydrogen-bond acceptors (Lipinski definition) is 4. The van der Waals surface area contributed by atoms with E-state index in [-0.39, 0.29) is 0 Å². The predicted molar refractivity (Wildman–Crippen MR) is 130 cm³/mol. The second kappa shape index (κ2) is 7.17. The van der Waals surface area contributed by atoms with Gasteiger partial charge in [-0.15, -0.1) is 0 Å². The molecule has 0 bridgehead atoms. The van der Waals surface area contributed by atoms with Gasteiger partial charge in [0, 0.05) is 15.2 Å². The van der Waals surface area contributed by atoms with Crippen molar-refractivity contribution in [2.24, 2.45) is 0 Å². The van der Waals surface area contributed by atoms with Crippen molar-refractivity contribution >= 4 is 63.0 Å². The Hall–Kier alpha value is -3.25. The van der Waals surface area contributed by atoms with Crippen molar-refractivity contribution in [1.82, 2.24) is 0 Å². The minimum absolute atomic E-state index is 0.512. The van der Waals surface area contributed by atoms with Crippen LogP contribution in [0.3, 0.4) is 0 Å². The Balaban J connectivity index is 1.68. The van der Waals surface area contributed by atoms with E-state index in [2.05, 4.69) is 65.6 Å². The molecule has 31 heavy (non-hydrogen) atoms. The molecule has 1 aliphatic rings. The predicted octanol–water partition coefficient (Wildman–Crippen LogP) is 5.61. The van der Waals surface area contributed by atoms with Gasteiger partial charge in [-0.25, -0.2) is 0 Å². The van der Waals surface area contributed by atoms with E-state index in [0.717, 1.165) is 27.8 Å². The van der Waals surface area contributed by atoms with E-state index in [1.807, 2.05) is 36.4 Å². The molecule has 0 fully saturated rings. The van der Waals surface area contributed by atoms with E-state index in [0.29, 0.717) is 5.46 Å². The average molecular weight is 419 g/mol. The number of fused-ring (bicyclic) bond motifs is 4. The summed E-state index contributed by atoms with van der Waals surface area (Å²) in [4.78, 5) is 4.69. The van der Waals surface area contributed by atoms with Crippen LogP contribution in [0.5, 0.6) is 0 Å². The van der Waals surface area contributed by atoms with Crippen LogP contribution in [0.2, 0.25) is 0 Å². The molecule has 0 saturated carbocycles. The number of hydrogen-bond donors (Lipinski definition) is 2. The van der Waals surface area contributed by atoms with Crippen LogP contribution in [0.25, 0.3) is 21.5 Å². The molecule has 5 aromatic carbocycles. The van der Waals surface area contributed by atoms with Crippen molar-refractivity contribution in [2.45, 2.75) is 9.79 Å². The fourth-order valence-corrected chi connectivity index (χ4v) is 5.51. The van der Waals surface area contributed by atoms with Gasteiger partial charge in [-0.05, 0) is 52.0 Å². The molecule has 3 nitrogen and oxygen atoms in total. The first kappa shape index (κ1) is 18.5. The van der Waals surface area contributed by atoms with Gasteiger partial charge in [-0.3, -0.25) is 0 Å². The zero-order valence-corrected chi connectivity index (χ0v) is 17.4. The van der Waals surface area contributed by atoms with Crippen molar-refractivity contribution in [1.29, 1.82) is 0 Å². The van der Waals surface area contributed by atoms with E-state index < -0.39 is 7.12 Å². The third kappa shape index (κ3) is 2.93. The summed E-state index contributed by atoms with van der Waals surface area (Å²) in [5.41, 5.74) is 3.78. The van der Waals surface area contributed by atoms with Crippen molar-refractivity contribution in [3.63, 3.8) is 0 Å². The van der Waals surface area contributed by atoms with Gasteiger partial charge in [0.1, 0.15) is 0 Å². The first-order valence-electron chi connectivity index (χ1n) is 10.2. The number of anilines is 3. The second-order valence-electron chi connectivity index (χ2n) is 7.67. The van der Waals surface area contributed by atoms with Crippen LogP contribution >= 0.6 is 11.8 Å². The van der Waals surface area contributed by atoms with Gasteiger partial charge in [0.2, 0.25) is 0 Å². The van der Waals surface area contributed by atoms with Crippen LogP contribution in [-0.4, -0.2) is 17.2 Å². The summed E-state index contributed by atoms with van der Waals surface area (Å²) in [5, 5.41) is 24.0. The van der Waals surface area contributed by atoms with E-state index in [1.54, 1.807) is 11.8 Å². The van der Waals surface area contributed by atoms with E-state index in [9.17, 15) is 10.0 Å². The molecule has 0 aromatic heterocycles. The third-order valence-electron chi connectivity index (χ3n) is 5.85. The lowest BCUT2D eigenvalue weighted by Crippen LogP contribution is -2.30. The van der Waals surface area contributed by atoms with E-state index >= 15 is 0 Å². The molecular formula is C26H18BNO2S. The molecule has 0 saturated heterocycles. The Morgan fingerprint density at radius 3 is 2.06 bits per heavy atom. The monoisotopic (exact) mass is 419 g/mol. The zero-order valence-electron chi connectivity index (χ0n) is 16.6. The molecule has 1 heterocycles. The molecule has 1 aliphatic heterocycles. The van der Waals surface area contributed by atoms with Crippen LogP contribution in [0.1, 0.15) is 0 Å². The fraction of sp³-hybridized carbons (Fsp3) is 0. The molecular weight excluding hydrogens is 401 g/mol. The summed E-state index contributed by atoms with van der Waals surface area (Å²) in [6.07, 6.45) is 0. The summed E-state index contributed by atoms with van der Waals surface area (Å²) < 4.78 is 0. The lowest BCUT2D eigenvalue weighted by molar-refractivity contribution is 0.426.